The van der Waals surface area contributed by atoms with Gasteiger partial charge in [-0.05, 0) is 37.9 Å². The molecule has 0 saturated carbocycles. The number of nitrogens with zero attached hydrogens (tertiary/aromatic N) is 8. The first-order valence-electron chi connectivity index (χ1n) is 13.4. The first-order valence-corrected chi connectivity index (χ1v) is 14.6. The molecule has 19 heteroatoms. The Bertz CT molecular complexity index is 1590. The summed E-state index contributed by atoms with van der Waals surface area (Å²) in [5.74, 6) is -0.631. The number of carbonyl (C=O) groups excluding carboxylic acids is 2. The molecule has 4 N–H and O–H groups in total. The van der Waals surface area contributed by atoms with Gasteiger partial charge < -0.3 is 35.3 Å². The molecule has 3 heterocycles. The largest absolute Gasteiger partial charge is 0.575 e. The molecule has 0 spiro atoms. The molecule has 18 nitrogen and oxygen atoms in total. The highest BCUT2D eigenvalue weighted by Crippen LogP contribution is 2.37. The third kappa shape index (κ3) is 7.60. The second-order valence-corrected chi connectivity index (χ2v) is 10.3. The first kappa shape index (κ1) is 32.2. The van der Waals surface area contributed by atoms with Gasteiger partial charge in [-0.25, -0.2) is 9.78 Å². The van der Waals surface area contributed by atoms with Gasteiger partial charge in [0.1, 0.15) is 30.2 Å². The number of imidazole rings is 1. The molecule has 1 unspecified atom stereocenters. The van der Waals surface area contributed by atoms with Crippen LogP contribution >= 0.6 is 8.17 Å². The van der Waals surface area contributed by atoms with Crippen LogP contribution in [0, 0.1) is 0 Å². The van der Waals surface area contributed by atoms with Gasteiger partial charge in [-0.3, -0.25) is 13.9 Å². The SMILES string of the molecule is CCOC(=O)[C@@H](C)N=[P+]([O-])Oc1cccc(OC[C@H]2O[C@@H](n3cnc4c(N)nc(N)nc43)C[C@@H]2N=[N+]=[N-])c1CCC(=O)OC. The summed E-state index contributed by atoms with van der Waals surface area (Å²) in [5.41, 5.74) is 22.0. The lowest BCUT2D eigenvalue weighted by atomic mass is 10.1. The number of hydrogen-bond donors (Lipinski definition) is 2. The molecule has 1 saturated heterocycles. The molecule has 3 aromatic rings. The lowest BCUT2D eigenvalue weighted by Crippen LogP contribution is -2.27. The van der Waals surface area contributed by atoms with Crippen LogP contribution in [0.4, 0.5) is 11.8 Å². The Morgan fingerprint density at radius 2 is 2.09 bits per heavy atom. The molecule has 1 aromatic carbocycles. The van der Waals surface area contributed by atoms with E-state index in [1.807, 2.05) is 0 Å². The number of nitrogen functional groups attached to an aromatic ring is 2. The van der Waals surface area contributed by atoms with Gasteiger partial charge in [0.2, 0.25) is 5.95 Å². The number of rotatable bonds is 13. The van der Waals surface area contributed by atoms with Crippen LogP contribution in [0.5, 0.6) is 11.5 Å². The summed E-state index contributed by atoms with van der Waals surface area (Å²) in [6, 6.07) is 3.11. The normalized spacial score (nSPS) is 18.8. The number of methoxy groups -OCH3 is 1. The summed E-state index contributed by atoms with van der Waals surface area (Å²) in [6.07, 6.45) is 0.472. The highest BCUT2D eigenvalue weighted by atomic mass is 31.1. The van der Waals surface area contributed by atoms with Gasteiger partial charge >= 0.3 is 20.1 Å². The van der Waals surface area contributed by atoms with Gasteiger partial charge in [-0.1, -0.05) is 15.9 Å². The number of fused-ring (bicyclic) bond motifs is 1. The Morgan fingerprint density at radius 3 is 2.82 bits per heavy atom. The van der Waals surface area contributed by atoms with E-state index in [0.717, 1.165) is 0 Å². The number of aromatic nitrogens is 4. The molecule has 4 rings (SSSR count). The van der Waals surface area contributed by atoms with E-state index in [9.17, 15) is 20.0 Å². The molecule has 44 heavy (non-hydrogen) atoms. The Labute approximate surface area is 251 Å². The standard InChI is InChI=1S/C25H31N10O8P/c1-4-40-24(37)13(2)33-44(38)43-17-7-5-6-16(14(17)8-9-20(36)39-3)41-11-18-15(32-34-28)10-19(42-18)35-12-29-21-22(26)30-25(27)31-23(21)35/h5-7,12-13,15,18-19H,4,8-11H2,1-3H3,(H4,26,27,30,31)/t13-,15+,18-,19-/m1/s1. The molecule has 0 radical (unpaired) electrons. The molecule has 1 aliphatic heterocycles. The van der Waals surface area contributed by atoms with E-state index >= 15 is 0 Å². The molecular formula is C25H31N10O8P. The number of anilines is 2. The Balaban J connectivity index is 1.56. The molecule has 0 amide bonds. The fourth-order valence-electron chi connectivity index (χ4n) is 4.46. The van der Waals surface area contributed by atoms with Crippen LogP contribution in [0.2, 0.25) is 0 Å². The second-order valence-electron chi connectivity index (χ2n) is 9.42. The van der Waals surface area contributed by atoms with Gasteiger partial charge in [0.15, 0.2) is 23.3 Å². The van der Waals surface area contributed by atoms with Gasteiger partial charge in [0.25, 0.3) is 0 Å². The summed E-state index contributed by atoms with van der Waals surface area (Å²) in [4.78, 5) is 51.9. The summed E-state index contributed by atoms with van der Waals surface area (Å²) < 4.78 is 33.0. The van der Waals surface area contributed by atoms with Gasteiger partial charge in [-0.2, -0.15) is 9.97 Å². The number of azide groups is 1. The molecule has 0 bridgehead atoms. The highest BCUT2D eigenvalue weighted by Gasteiger charge is 2.37. The topological polar surface area (TPSA) is 260 Å². The van der Waals surface area contributed by atoms with Crippen molar-refractivity contribution < 1.29 is 38.0 Å². The molecule has 1 aliphatic rings. The summed E-state index contributed by atoms with van der Waals surface area (Å²) in [6.45, 7) is 3.16. The van der Waals surface area contributed by atoms with E-state index in [4.69, 9.17) is 34.9 Å². The fraction of sp³-hybridized carbons (Fsp3) is 0.480. The number of nitrogens with two attached hydrogens (primary N) is 2. The van der Waals surface area contributed by atoms with E-state index in [1.54, 1.807) is 23.6 Å². The lowest BCUT2D eigenvalue weighted by Gasteiger charge is -2.19. The minimum atomic E-state index is -2.69. The van der Waals surface area contributed by atoms with E-state index in [0.29, 0.717) is 22.5 Å². The third-order valence-corrected chi connectivity index (χ3v) is 7.44. The minimum Gasteiger partial charge on any atom is -0.575 e. The third-order valence-electron chi connectivity index (χ3n) is 6.55. The van der Waals surface area contributed by atoms with Crippen molar-refractivity contribution in [3.8, 4) is 11.5 Å². The van der Waals surface area contributed by atoms with Crippen molar-refractivity contribution in [2.45, 2.75) is 57.5 Å². The van der Waals surface area contributed by atoms with Gasteiger partial charge in [-0.15, -0.1) is 0 Å². The molecule has 234 valence electrons. The maximum atomic E-state index is 12.7. The predicted molar refractivity (Wildman–Crippen MR) is 154 cm³/mol. The Kier molecular flexibility index (Phi) is 10.7. The fourth-order valence-corrected chi connectivity index (χ4v) is 5.23. The number of esters is 2. The van der Waals surface area contributed by atoms with Crippen LogP contribution in [-0.4, -0.2) is 70.0 Å². The Morgan fingerprint density at radius 1 is 1.32 bits per heavy atom. The first-order chi connectivity index (χ1) is 21.1. The summed E-state index contributed by atoms with van der Waals surface area (Å²) in [5, 5.41) is 3.88. The van der Waals surface area contributed by atoms with Crippen LogP contribution in [0.15, 0.2) is 34.4 Å². The lowest BCUT2D eigenvalue weighted by molar-refractivity contribution is -0.169. The number of benzene rings is 1. The summed E-state index contributed by atoms with van der Waals surface area (Å²) in [7, 11) is -1.43. The van der Waals surface area contributed by atoms with Crippen molar-refractivity contribution >= 4 is 43.0 Å². The quantitative estimate of drug-likeness (QED) is 0.0904. The molecular weight excluding hydrogens is 599 g/mol. The molecule has 2 aromatic heterocycles. The van der Waals surface area contributed by atoms with Crippen molar-refractivity contribution in [2.24, 2.45) is 9.86 Å². The number of hydrogen-bond acceptors (Lipinski definition) is 15. The summed E-state index contributed by atoms with van der Waals surface area (Å²) >= 11 is 0. The maximum absolute atomic E-state index is 12.7. The second kappa shape index (κ2) is 14.6. The van der Waals surface area contributed by atoms with Crippen LogP contribution in [0.25, 0.3) is 21.6 Å². The van der Waals surface area contributed by atoms with E-state index in [1.165, 1.54) is 26.4 Å². The highest BCUT2D eigenvalue weighted by molar-refractivity contribution is 7.34. The smallest absolute Gasteiger partial charge is 0.395 e. The van der Waals surface area contributed by atoms with E-state index < -0.39 is 44.5 Å². The monoisotopic (exact) mass is 630 g/mol. The zero-order valence-electron chi connectivity index (χ0n) is 24.1. The average molecular weight is 631 g/mol. The maximum Gasteiger partial charge on any atom is 0.395 e. The molecule has 0 aliphatic carbocycles. The number of ether oxygens (including phenoxy) is 4. The Hall–Kier alpha value is -4.76. The molecule has 5 atom stereocenters. The minimum absolute atomic E-state index is 0.0345. The van der Waals surface area contributed by atoms with Crippen molar-refractivity contribution in [2.75, 3.05) is 31.8 Å². The van der Waals surface area contributed by atoms with Crippen molar-refractivity contribution in [1.29, 1.82) is 0 Å². The molecule has 1 fully saturated rings. The average Bonchev–Trinajstić information content (AvgIpc) is 3.59. The zero-order chi connectivity index (χ0) is 31.8. The van der Waals surface area contributed by atoms with Crippen LogP contribution in [0.3, 0.4) is 0 Å². The van der Waals surface area contributed by atoms with Crippen molar-refractivity contribution in [3.05, 3.63) is 40.5 Å². The van der Waals surface area contributed by atoms with Gasteiger partial charge in [0, 0.05) is 23.3 Å². The van der Waals surface area contributed by atoms with Crippen molar-refractivity contribution in [3.63, 3.8) is 0 Å². The van der Waals surface area contributed by atoms with Crippen molar-refractivity contribution in [1.82, 2.24) is 19.5 Å². The van der Waals surface area contributed by atoms with E-state index in [-0.39, 0.29) is 50.0 Å². The van der Waals surface area contributed by atoms with E-state index in [2.05, 4.69) is 29.7 Å². The van der Waals surface area contributed by atoms with Crippen LogP contribution in [0.1, 0.15) is 38.5 Å². The van der Waals surface area contributed by atoms with Gasteiger partial charge in [0.05, 0.1) is 26.1 Å². The van der Waals surface area contributed by atoms with Crippen LogP contribution < -0.4 is 25.6 Å². The zero-order valence-corrected chi connectivity index (χ0v) is 25.0. The number of carbonyl (C=O) groups is 2. The van der Waals surface area contributed by atoms with Crippen LogP contribution in [-0.2, 0) is 30.2 Å². The predicted octanol–water partition coefficient (Wildman–Crippen LogP) is 2.33.